The van der Waals surface area contributed by atoms with Gasteiger partial charge in [-0.1, -0.05) is 0 Å². The first-order chi connectivity index (χ1) is 8.16. The predicted octanol–water partition coefficient (Wildman–Crippen LogP) is 2.04. The number of carboxylic acid groups (broad SMARTS) is 1. The molecule has 0 saturated carbocycles. The fourth-order valence-electron chi connectivity index (χ4n) is 1.77. The van der Waals surface area contributed by atoms with E-state index in [0.29, 0.717) is 19.0 Å². The topological polar surface area (TPSA) is 68.9 Å². The van der Waals surface area contributed by atoms with Gasteiger partial charge >= 0.3 is 5.97 Å². The summed E-state index contributed by atoms with van der Waals surface area (Å²) in [6.07, 6.45) is 0. The fraction of sp³-hybridized carbons (Fsp3) is 0.182. The molecule has 0 amide bonds. The van der Waals surface area contributed by atoms with E-state index in [1.54, 1.807) is 0 Å². The van der Waals surface area contributed by atoms with Gasteiger partial charge in [-0.05, 0) is 0 Å². The van der Waals surface area contributed by atoms with Crippen molar-refractivity contribution < 1.29 is 28.2 Å². The molecule has 3 rings (SSSR count). The molecule has 2 aromatic rings. The van der Waals surface area contributed by atoms with Gasteiger partial charge in [-0.25, -0.2) is 9.18 Å². The molecular weight excluding hydrogens is 231 g/mol. The van der Waals surface area contributed by atoms with Crippen LogP contribution in [0.4, 0.5) is 4.39 Å². The van der Waals surface area contributed by atoms with Gasteiger partial charge in [-0.2, -0.15) is 0 Å². The molecule has 0 saturated heterocycles. The molecular formula is C11H7FO5. The highest BCUT2D eigenvalue weighted by Gasteiger charge is 2.23. The minimum Gasteiger partial charge on any atom is -0.486 e. The number of fused-ring (bicyclic) bond motifs is 3. The molecule has 0 atom stereocenters. The molecule has 0 fully saturated rings. The third-order valence-corrected chi connectivity index (χ3v) is 2.47. The van der Waals surface area contributed by atoms with Gasteiger partial charge in [0.05, 0.1) is 5.39 Å². The molecule has 88 valence electrons. The van der Waals surface area contributed by atoms with Crippen LogP contribution in [0.3, 0.4) is 0 Å². The summed E-state index contributed by atoms with van der Waals surface area (Å²) in [6.45, 7) is 0.670. The lowest BCUT2D eigenvalue weighted by molar-refractivity contribution is 0.0665. The van der Waals surface area contributed by atoms with Crippen molar-refractivity contribution >= 4 is 16.9 Å². The number of carbonyl (C=O) groups is 1. The zero-order valence-corrected chi connectivity index (χ0v) is 8.53. The Morgan fingerprint density at radius 2 is 2.06 bits per heavy atom. The number of benzene rings is 1. The van der Waals surface area contributed by atoms with Crippen LogP contribution in [0, 0.1) is 5.82 Å². The Balaban J connectivity index is 2.32. The smallest absolute Gasteiger partial charge is 0.371 e. The van der Waals surface area contributed by atoms with Crippen LogP contribution in [0.5, 0.6) is 11.5 Å². The zero-order valence-electron chi connectivity index (χ0n) is 8.53. The van der Waals surface area contributed by atoms with E-state index in [2.05, 4.69) is 0 Å². The summed E-state index contributed by atoms with van der Waals surface area (Å²) in [5.41, 5.74) is -0.133. The van der Waals surface area contributed by atoms with Crippen LogP contribution in [-0.2, 0) is 0 Å². The Kier molecular flexibility index (Phi) is 1.98. The highest BCUT2D eigenvalue weighted by molar-refractivity contribution is 5.95. The lowest BCUT2D eigenvalue weighted by atomic mass is 10.2. The van der Waals surface area contributed by atoms with Crippen molar-refractivity contribution in [3.8, 4) is 11.5 Å². The van der Waals surface area contributed by atoms with Crippen LogP contribution in [0.25, 0.3) is 11.0 Å². The predicted molar refractivity (Wildman–Crippen MR) is 54.1 cm³/mol. The quantitative estimate of drug-likeness (QED) is 0.823. The molecule has 1 aromatic carbocycles. The molecule has 0 unspecified atom stereocenters. The second kappa shape index (κ2) is 3.38. The standard InChI is InChI=1S/C11H7FO5/c12-6-4-7-10(16-2-1-15-7)5-3-8(11(13)14)17-9(5)6/h3-4H,1-2H2,(H,13,14). The number of rotatable bonds is 1. The van der Waals surface area contributed by atoms with Crippen molar-refractivity contribution in [1.82, 2.24) is 0 Å². The van der Waals surface area contributed by atoms with Crippen molar-refractivity contribution in [3.63, 3.8) is 0 Å². The summed E-state index contributed by atoms with van der Waals surface area (Å²) in [5, 5.41) is 9.07. The van der Waals surface area contributed by atoms with E-state index in [0.717, 1.165) is 6.07 Å². The van der Waals surface area contributed by atoms with Gasteiger partial charge in [-0.15, -0.1) is 0 Å². The number of ether oxygens (including phenoxy) is 2. The molecule has 0 spiro atoms. The maximum Gasteiger partial charge on any atom is 0.371 e. The van der Waals surface area contributed by atoms with E-state index in [-0.39, 0.29) is 22.5 Å². The number of carboxylic acids is 1. The van der Waals surface area contributed by atoms with Gasteiger partial charge in [0.1, 0.15) is 13.2 Å². The SMILES string of the molecule is O=C(O)c1cc2c3c(cc(F)c2o1)OCCO3. The van der Waals surface area contributed by atoms with Gasteiger partial charge < -0.3 is 19.0 Å². The number of hydrogen-bond donors (Lipinski definition) is 1. The summed E-state index contributed by atoms with van der Waals surface area (Å²) in [4.78, 5) is 10.8. The number of hydrogen-bond acceptors (Lipinski definition) is 4. The molecule has 17 heavy (non-hydrogen) atoms. The Hall–Kier alpha value is -2.24. The zero-order chi connectivity index (χ0) is 12.0. The van der Waals surface area contributed by atoms with Crippen LogP contribution in [0.15, 0.2) is 16.5 Å². The van der Waals surface area contributed by atoms with Crippen molar-refractivity contribution in [1.29, 1.82) is 0 Å². The van der Waals surface area contributed by atoms with Crippen molar-refractivity contribution in [3.05, 3.63) is 23.7 Å². The number of furan rings is 1. The van der Waals surface area contributed by atoms with Crippen LogP contribution >= 0.6 is 0 Å². The summed E-state index contributed by atoms with van der Waals surface area (Å²) in [5.74, 6) is -1.67. The Bertz CT molecular complexity index is 616. The summed E-state index contributed by atoms with van der Waals surface area (Å²) in [7, 11) is 0. The van der Waals surface area contributed by atoms with E-state index in [4.69, 9.17) is 19.0 Å². The first kappa shape index (κ1) is 9.95. The summed E-state index contributed by atoms with van der Waals surface area (Å²) in [6, 6.07) is 2.36. The molecule has 1 aliphatic heterocycles. The lowest BCUT2D eigenvalue weighted by Gasteiger charge is -2.18. The molecule has 0 bridgehead atoms. The maximum atomic E-state index is 13.6. The van der Waals surface area contributed by atoms with Gasteiger partial charge in [0, 0.05) is 12.1 Å². The second-order valence-electron chi connectivity index (χ2n) is 3.54. The third-order valence-electron chi connectivity index (χ3n) is 2.47. The van der Waals surface area contributed by atoms with Crippen LogP contribution in [0.1, 0.15) is 10.6 Å². The van der Waals surface area contributed by atoms with Gasteiger partial charge in [0.2, 0.25) is 5.76 Å². The molecule has 6 heteroatoms. The second-order valence-corrected chi connectivity index (χ2v) is 3.54. The van der Waals surface area contributed by atoms with E-state index < -0.39 is 11.8 Å². The van der Waals surface area contributed by atoms with Gasteiger partial charge in [-0.3, -0.25) is 0 Å². The maximum absolute atomic E-state index is 13.6. The van der Waals surface area contributed by atoms with Crippen molar-refractivity contribution in [2.45, 2.75) is 0 Å². The van der Waals surface area contributed by atoms with E-state index in [1.165, 1.54) is 6.07 Å². The lowest BCUT2D eigenvalue weighted by Crippen LogP contribution is -2.15. The summed E-state index contributed by atoms with van der Waals surface area (Å²) >= 11 is 0. The molecule has 0 aliphatic carbocycles. The average Bonchev–Trinajstić information content (AvgIpc) is 2.75. The minimum absolute atomic E-state index is 0.133. The average molecular weight is 238 g/mol. The highest BCUT2D eigenvalue weighted by atomic mass is 19.1. The molecule has 0 radical (unpaired) electrons. The first-order valence-electron chi connectivity index (χ1n) is 4.92. The van der Waals surface area contributed by atoms with Crippen LogP contribution in [-0.4, -0.2) is 24.3 Å². The largest absolute Gasteiger partial charge is 0.486 e. The van der Waals surface area contributed by atoms with Gasteiger partial charge in [0.15, 0.2) is 22.9 Å². The van der Waals surface area contributed by atoms with E-state index >= 15 is 0 Å². The monoisotopic (exact) mass is 238 g/mol. The number of aromatic carboxylic acids is 1. The summed E-state index contributed by atoms with van der Waals surface area (Å²) < 4.78 is 29.1. The third kappa shape index (κ3) is 1.41. The Labute approximate surface area is 94.3 Å². The molecule has 5 nitrogen and oxygen atoms in total. The Morgan fingerprint density at radius 3 is 2.82 bits per heavy atom. The van der Waals surface area contributed by atoms with Crippen molar-refractivity contribution in [2.75, 3.05) is 13.2 Å². The van der Waals surface area contributed by atoms with Crippen LogP contribution in [0.2, 0.25) is 0 Å². The minimum atomic E-state index is -1.26. The molecule has 2 heterocycles. The Morgan fingerprint density at radius 1 is 1.29 bits per heavy atom. The first-order valence-corrected chi connectivity index (χ1v) is 4.92. The van der Waals surface area contributed by atoms with Crippen molar-refractivity contribution in [2.24, 2.45) is 0 Å². The van der Waals surface area contributed by atoms with Gasteiger partial charge in [0.25, 0.3) is 0 Å². The van der Waals surface area contributed by atoms with E-state index in [9.17, 15) is 9.18 Å². The number of halogens is 1. The normalized spacial score (nSPS) is 13.9. The highest BCUT2D eigenvalue weighted by Crippen LogP contribution is 2.40. The molecule has 1 N–H and O–H groups in total. The molecule has 1 aliphatic rings. The molecule has 1 aromatic heterocycles. The van der Waals surface area contributed by atoms with Crippen LogP contribution < -0.4 is 9.47 Å². The van der Waals surface area contributed by atoms with E-state index in [1.807, 2.05) is 0 Å². The fourth-order valence-corrected chi connectivity index (χ4v) is 1.77.